The van der Waals surface area contributed by atoms with Gasteiger partial charge in [0.2, 0.25) is 5.91 Å². The van der Waals surface area contributed by atoms with Crippen molar-refractivity contribution in [3.8, 4) is 0 Å². The number of nitrogens with one attached hydrogen (secondary N) is 2. The Morgan fingerprint density at radius 1 is 1.47 bits per heavy atom. The molecule has 1 atom stereocenters. The van der Waals surface area contributed by atoms with Gasteiger partial charge in [-0.1, -0.05) is 20.8 Å². The number of hydrazine groups is 1. The Balaban J connectivity index is 2.57. The number of carbonyl (C=O) groups excluding carboxylic acids is 3. The maximum atomic E-state index is 11.9. The number of hydrogen-bond acceptors (Lipinski definition) is 3. The van der Waals surface area contributed by atoms with Crippen LogP contribution in [0.1, 0.15) is 33.6 Å². The lowest BCUT2D eigenvalue weighted by atomic mass is 9.94. The fourth-order valence-electron chi connectivity index (χ4n) is 1.77. The molecule has 0 saturated carbocycles. The number of carbonyl (C=O) groups is 3. The van der Waals surface area contributed by atoms with Gasteiger partial charge < -0.3 is 5.32 Å². The minimum Gasteiger partial charge on any atom is -0.327 e. The largest absolute Gasteiger partial charge is 0.343 e. The molecule has 1 fully saturated rings. The normalized spacial score (nSPS) is 17.3. The minimum atomic E-state index is -0.567. The van der Waals surface area contributed by atoms with Crippen LogP contribution >= 0.6 is 0 Å². The Hall–Kier alpha value is -1.59. The highest BCUT2D eigenvalue weighted by molar-refractivity contribution is 6.03. The van der Waals surface area contributed by atoms with Crippen LogP contribution in [0.2, 0.25) is 0 Å². The topological polar surface area (TPSA) is 78.5 Å². The molecule has 0 bridgehead atoms. The van der Waals surface area contributed by atoms with E-state index in [9.17, 15) is 14.4 Å². The fraction of sp³-hybridized carbons (Fsp3) is 0.727. The second kappa shape index (κ2) is 5.65. The van der Waals surface area contributed by atoms with Crippen molar-refractivity contribution in [2.45, 2.75) is 33.6 Å². The van der Waals surface area contributed by atoms with Crippen molar-refractivity contribution < 1.29 is 14.4 Å². The van der Waals surface area contributed by atoms with Crippen molar-refractivity contribution in [3.05, 3.63) is 0 Å². The molecule has 0 aromatic rings. The minimum absolute atomic E-state index is 0.0555. The van der Waals surface area contributed by atoms with Crippen molar-refractivity contribution in [3.63, 3.8) is 0 Å². The summed E-state index contributed by atoms with van der Waals surface area (Å²) in [6.45, 7) is 5.92. The Bertz CT molecular complexity index is 312. The highest BCUT2D eigenvalue weighted by atomic mass is 16.2. The van der Waals surface area contributed by atoms with Gasteiger partial charge in [-0.3, -0.25) is 15.0 Å². The van der Waals surface area contributed by atoms with Crippen molar-refractivity contribution in [1.29, 1.82) is 0 Å². The van der Waals surface area contributed by atoms with E-state index in [0.717, 1.165) is 11.4 Å². The SMILES string of the molecule is CCC(CC(C)C)C(=O)NN1C(=O)CNC1=O. The van der Waals surface area contributed by atoms with E-state index in [4.69, 9.17) is 0 Å². The highest BCUT2D eigenvalue weighted by Crippen LogP contribution is 2.15. The number of imide groups is 1. The van der Waals surface area contributed by atoms with Crippen LogP contribution in [0.4, 0.5) is 4.79 Å². The molecule has 1 rings (SSSR count). The lowest BCUT2D eigenvalue weighted by molar-refractivity contribution is -0.137. The van der Waals surface area contributed by atoms with E-state index < -0.39 is 11.9 Å². The third-order valence-electron chi connectivity index (χ3n) is 2.68. The first-order valence-electron chi connectivity index (χ1n) is 5.87. The highest BCUT2D eigenvalue weighted by Gasteiger charge is 2.31. The van der Waals surface area contributed by atoms with E-state index in [0.29, 0.717) is 12.3 Å². The van der Waals surface area contributed by atoms with E-state index in [-0.39, 0.29) is 18.4 Å². The van der Waals surface area contributed by atoms with E-state index in [1.165, 1.54) is 0 Å². The quantitative estimate of drug-likeness (QED) is 0.693. The van der Waals surface area contributed by atoms with E-state index in [2.05, 4.69) is 10.7 Å². The molecule has 0 radical (unpaired) electrons. The molecule has 4 amide bonds. The Morgan fingerprint density at radius 3 is 2.53 bits per heavy atom. The first-order chi connectivity index (χ1) is 7.95. The molecule has 6 heteroatoms. The average molecular weight is 241 g/mol. The summed E-state index contributed by atoms with van der Waals surface area (Å²) < 4.78 is 0. The van der Waals surface area contributed by atoms with Gasteiger partial charge in [-0.15, -0.1) is 0 Å². The molecule has 2 N–H and O–H groups in total. The number of urea groups is 1. The van der Waals surface area contributed by atoms with E-state index in [1.54, 1.807) is 0 Å². The van der Waals surface area contributed by atoms with Gasteiger partial charge in [-0.2, -0.15) is 5.01 Å². The van der Waals surface area contributed by atoms with Crippen LogP contribution in [0.25, 0.3) is 0 Å². The molecule has 1 unspecified atom stereocenters. The first kappa shape index (κ1) is 13.5. The fourth-order valence-corrected chi connectivity index (χ4v) is 1.77. The summed E-state index contributed by atoms with van der Waals surface area (Å²) in [7, 11) is 0. The Labute approximate surface area is 101 Å². The molecule has 1 aliphatic heterocycles. The van der Waals surface area contributed by atoms with Crippen LogP contribution in [-0.4, -0.2) is 29.4 Å². The molecule has 0 aromatic heterocycles. The summed E-state index contributed by atoms with van der Waals surface area (Å²) >= 11 is 0. The zero-order valence-electron chi connectivity index (χ0n) is 10.4. The standard InChI is InChI=1S/C11H19N3O3/c1-4-8(5-7(2)3)10(16)13-14-9(15)6-12-11(14)17/h7-8H,4-6H2,1-3H3,(H,12,17)(H,13,16). The maximum absolute atomic E-state index is 11.9. The van der Waals surface area contributed by atoms with E-state index >= 15 is 0 Å². The van der Waals surface area contributed by atoms with E-state index in [1.807, 2.05) is 20.8 Å². The van der Waals surface area contributed by atoms with Crippen molar-refractivity contribution in [2.24, 2.45) is 11.8 Å². The first-order valence-corrected chi connectivity index (χ1v) is 5.87. The van der Waals surface area contributed by atoms with Crippen LogP contribution in [0.5, 0.6) is 0 Å². The van der Waals surface area contributed by atoms with Crippen LogP contribution in [0, 0.1) is 11.8 Å². The number of nitrogens with zero attached hydrogens (tertiary/aromatic N) is 1. The predicted octanol–water partition coefficient (Wildman–Crippen LogP) is 0.642. The second-order valence-electron chi connectivity index (χ2n) is 4.60. The van der Waals surface area contributed by atoms with Gasteiger partial charge in [0.1, 0.15) is 6.54 Å². The Kier molecular flexibility index (Phi) is 4.48. The molecule has 17 heavy (non-hydrogen) atoms. The lowest BCUT2D eigenvalue weighted by Gasteiger charge is -2.20. The zero-order valence-corrected chi connectivity index (χ0v) is 10.4. The summed E-state index contributed by atoms with van der Waals surface area (Å²) in [5, 5.41) is 3.10. The molecular weight excluding hydrogens is 222 g/mol. The smallest absolute Gasteiger partial charge is 0.327 e. The van der Waals surface area contributed by atoms with Gasteiger partial charge >= 0.3 is 6.03 Å². The molecule has 1 saturated heterocycles. The zero-order chi connectivity index (χ0) is 13.0. The van der Waals surface area contributed by atoms with Gasteiger partial charge in [0.25, 0.3) is 5.91 Å². The molecule has 0 spiro atoms. The van der Waals surface area contributed by atoms with Crippen molar-refractivity contribution in [2.75, 3.05) is 6.54 Å². The summed E-state index contributed by atoms with van der Waals surface area (Å²) in [6, 6.07) is -0.567. The summed E-state index contributed by atoms with van der Waals surface area (Å²) in [5.74, 6) is -0.473. The maximum Gasteiger partial charge on any atom is 0.343 e. The molecular formula is C11H19N3O3. The third-order valence-corrected chi connectivity index (χ3v) is 2.68. The number of hydrogen-bond donors (Lipinski definition) is 2. The molecule has 0 aliphatic carbocycles. The lowest BCUT2D eigenvalue weighted by Crippen LogP contribution is -2.48. The second-order valence-corrected chi connectivity index (χ2v) is 4.60. The molecule has 96 valence electrons. The van der Waals surface area contributed by atoms with Gasteiger partial charge in [0.15, 0.2) is 0 Å². The molecule has 0 aromatic carbocycles. The number of rotatable bonds is 5. The molecule has 1 heterocycles. The predicted molar refractivity (Wildman–Crippen MR) is 61.6 cm³/mol. The Morgan fingerprint density at radius 2 is 2.12 bits per heavy atom. The van der Waals surface area contributed by atoms with Crippen molar-refractivity contribution >= 4 is 17.8 Å². The third kappa shape index (κ3) is 3.44. The number of amides is 4. The van der Waals surface area contributed by atoms with Gasteiger partial charge in [0.05, 0.1) is 0 Å². The monoisotopic (exact) mass is 241 g/mol. The van der Waals surface area contributed by atoms with Crippen LogP contribution < -0.4 is 10.7 Å². The van der Waals surface area contributed by atoms with Crippen LogP contribution in [-0.2, 0) is 9.59 Å². The summed E-state index contributed by atoms with van der Waals surface area (Å²) in [6.07, 6.45) is 1.43. The van der Waals surface area contributed by atoms with Gasteiger partial charge in [0, 0.05) is 5.92 Å². The average Bonchev–Trinajstić information content (AvgIpc) is 2.57. The summed E-state index contributed by atoms with van der Waals surface area (Å²) in [5.41, 5.74) is 2.37. The van der Waals surface area contributed by atoms with Gasteiger partial charge in [-0.05, 0) is 18.8 Å². The molecule has 6 nitrogen and oxygen atoms in total. The van der Waals surface area contributed by atoms with Crippen LogP contribution in [0.15, 0.2) is 0 Å². The van der Waals surface area contributed by atoms with Crippen molar-refractivity contribution in [1.82, 2.24) is 15.8 Å². The van der Waals surface area contributed by atoms with Crippen LogP contribution in [0.3, 0.4) is 0 Å². The van der Waals surface area contributed by atoms with Gasteiger partial charge in [-0.25, -0.2) is 4.79 Å². The molecule has 1 aliphatic rings. The summed E-state index contributed by atoms with van der Waals surface area (Å²) in [4.78, 5) is 34.4.